The van der Waals surface area contributed by atoms with E-state index in [4.69, 9.17) is 5.26 Å². The van der Waals surface area contributed by atoms with Gasteiger partial charge >= 0.3 is 0 Å². The molecule has 1 rings (SSSR count). The van der Waals surface area contributed by atoms with Crippen LogP contribution in [0.25, 0.3) is 0 Å². The van der Waals surface area contributed by atoms with Crippen molar-refractivity contribution in [2.75, 3.05) is 5.32 Å². The van der Waals surface area contributed by atoms with Gasteiger partial charge in [0.2, 0.25) is 0 Å². The Morgan fingerprint density at radius 1 is 1.25 bits per heavy atom. The monoisotopic (exact) mass is 220 g/mol. The van der Waals surface area contributed by atoms with Gasteiger partial charge in [-0.25, -0.2) is 4.39 Å². The van der Waals surface area contributed by atoms with E-state index in [0.29, 0.717) is 5.92 Å². The Labute approximate surface area is 96.1 Å². The van der Waals surface area contributed by atoms with Gasteiger partial charge in [-0.15, -0.1) is 0 Å². The number of nitrogens with zero attached hydrogens (tertiary/aromatic N) is 1. The van der Waals surface area contributed by atoms with Crippen molar-refractivity contribution in [1.82, 2.24) is 0 Å². The summed E-state index contributed by atoms with van der Waals surface area (Å²) in [5.74, 6) is 0.0663. The number of rotatable bonds is 5. The summed E-state index contributed by atoms with van der Waals surface area (Å²) in [6.07, 6.45) is 1.92. The average Bonchev–Trinajstić information content (AvgIpc) is 2.32. The molecular weight excluding hydrogens is 203 g/mol. The maximum absolute atomic E-state index is 12.7. The highest BCUT2D eigenvalue weighted by atomic mass is 19.1. The van der Waals surface area contributed by atoms with E-state index in [1.54, 1.807) is 12.1 Å². The SMILES string of the molecule is CCC(CC)C(C#N)Nc1ccc(F)cc1. The number of nitriles is 1. The Morgan fingerprint density at radius 2 is 1.81 bits per heavy atom. The Morgan fingerprint density at radius 3 is 2.25 bits per heavy atom. The van der Waals surface area contributed by atoms with Crippen LogP contribution in [0.2, 0.25) is 0 Å². The molecule has 0 heterocycles. The summed E-state index contributed by atoms with van der Waals surface area (Å²) < 4.78 is 12.7. The Balaban J connectivity index is 2.70. The molecule has 0 bridgehead atoms. The lowest BCUT2D eigenvalue weighted by molar-refractivity contribution is 0.469. The number of nitrogens with one attached hydrogen (secondary N) is 1. The van der Waals surface area contributed by atoms with Gasteiger partial charge in [-0.2, -0.15) is 5.26 Å². The molecule has 0 saturated carbocycles. The summed E-state index contributed by atoms with van der Waals surface area (Å²) in [5, 5.41) is 12.2. The summed E-state index contributed by atoms with van der Waals surface area (Å²) >= 11 is 0. The fraction of sp³-hybridized carbons (Fsp3) is 0.462. The Kier molecular flexibility index (Phi) is 4.78. The number of hydrogen-bond acceptors (Lipinski definition) is 2. The van der Waals surface area contributed by atoms with Gasteiger partial charge in [-0.3, -0.25) is 0 Å². The summed E-state index contributed by atoms with van der Waals surface area (Å²) in [7, 11) is 0. The predicted octanol–water partition coefficient (Wildman–Crippen LogP) is 3.57. The molecule has 1 unspecified atom stereocenters. The van der Waals surface area contributed by atoms with E-state index in [1.807, 2.05) is 0 Å². The third-order valence-corrected chi connectivity index (χ3v) is 2.83. The second-order valence-corrected chi connectivity index (χ2v) is 3.83. The highest BCUT2D eigenvalue weighted by Crippen LogP contribution is 2.18. The lowest BCUT2D eigenvalue weighted by atomic mass is 9.95. The molecule has 0 aliphatic heterocycles. The van der Waals surface area contributed by atoms with Crippen LogP contribution in [0.3, 0.4) is 0 Å². The molecule has 0 radical (unpaired) electrons. The van der Waals surface area contributed by atoms with E-state index < -0.39 is 0 Å². The van der Waals surface area contributed by atoms with Crippen LogP contribution < -0.4 is 5.32 Å². The first-order chi connectivity index (χ1) is 7.71. The smallest absolute Gasteiger partial charge is 0.123 e. The molecule has 16 heavy (non-hydrogen) atoms. The van der Waals surface area contributed by atoms with Crippen molar-refractivity contribution in [3.63, 3.8) is 0 Å². The van der Waals surface area contributed by atoms with Crippen molar-refractivity contribution < 1.29 is 4.39 Å². The predicted molar refractivity (Wildman–Crippen MR) is 63.5 cm³/mol. The van der Waals surface area contributed by atoms with Crippen LogP contribution in [0.15, 0.2) is 24.3 Å². The molecule has 1 N–H and O–H groups in total. The van der Waals surface area contributed by atoms with Crippen molar-refractivity contribution >= 4 is 5.69 Å². The van der Waals surface area contributed by atoms with Crippen molar-refractivity contribution in [3.8, 4) is 6.07 Å². The fourth-order valence-electron chi connectivity index (χ4n) is 1.74. The second-order valence-electron chi connectivity index (χ2n) is 3.83. The first-order valence-corrected chi connectivity index (χ1v) is 5.63. The quantitative estimate of drug-likeness (QED) is 0.823. The Bertz CT molecular complexity index is 349. The zero-order valence-electron chi connectivity index (χ0n) is 9.70. The van der Waals surface area contributed by atoms with E-state index >= 15 is 0 Å². The van der Waals surface area contributed by atoms with Crippen LogP contribution >= 0.6 is 0 Å². The highest BCUT2D eigenvalue weighted by molar-refractivity contribution is 5.45. The molecule has 0 saturated heterocycles. The van der Waals surface area contributed by atoms with E-state index in [1.165, 1.54) is 12.1 Å². The van der Waals surface area contributed by atoms with E-state index in [2.05, 4.69) is 25.2 Å². The van der Waals surface area contributed by atoms with Crippen molar-refractivity contribution in [1.29, 1.82) is 5.26 Å². The van der Waals surface area contributed by atoms with Crippen molar-refractivity contribution in [2.24, 2.45) is 5.92 Å². The third kappa shape index (κ3) is 3.23. The third-order valence-electron chi connectivity index (χ3n) is 2.83. The summed E-state index contributed by atoms with van der Waals surface area (Å²) in [6, 6.07) is 8.15. The normalized spacial score (nSPS) is 12.2. The van der Waals surface area contributed by atoms with E-state index in [-0.39, 0.29) is 11.9 Å². The Hall–Kier alpha value is -1.56. The summed E-state index contributed by atoms with van der Waals surface area (Å²) in [6.45, 7) is 4.15. The van der Waals surface area contributed by atoms with Crippen molar-refractivity contribution in [3.05, 3.63) is 30.1 Å². The molecule has 1 aromatic carbocycles. The standard InChI is InChI=1S/C13H17FN2/c1-3-10(4-2)13(9-15)16-12-7-5-11(14)6-8-12/h5-8,10,13,16H,3-4H2,1-2H3. The molecule has 86 valence electrons. The number of benzene rings is 1. The van der Waals surface area contributed by atoms with Gasteiger partial charge < -0.3 is 5.32 Å². The minimum Gasteiger partial charge on any atom is -0.370 e. The first kappa shape index (κ1) is 12.5. The van der Waals surface area contributed by atoms with Crippen LogP contribution in [0.1, 0.15) is 26.7 Å². The zero-order chi connectivity index (χ0) is 12.0. The maximum Gasteiger partial charge on any atom is 0.123 e. The molecule has 1 atom stereocenters. The molecular formula is C13H17FN2. The lowest BCUT2D eigenvalue weighted by Gasteiger charge is -2.21. The van der Waals surface area contributed by atoms with Crippen LogP contribution in [-0.4, -0.2) is 6.04 Å². The van der Waals surface area contributed by atoms with Gasteiger partial charge in [-0.1, -0.05) is 26.7 Å². The van der Waals surface area contributed by atoms with Gasteiger partial charge in [0.15, 0.2) is 0 Å². The second kappa shape index (κ2) is 6.12. The van der Waals surface area contributed by atoms with Gasteiger partial charge in [0.1, 0.15) is 11.9 Å². The molecule has 3 heteroatoms. The van der Waals surface area contributed by atoms with Crippen molar-refractivity contribution in [2.45, 2.75) is 32.7 Å². The van der Waals surface area contributed by atoms with Crippen LogP contribution in [0.5, 0.6) is 0 Å². The molecule has 0 spiro atoms. The maximum atomic E-state index is 12.7. The van der Waals surface area contributed by atoms with E-state index in [9.17, 15) is 4.39 Å². The molecule has 1 aromatic rings. The van der Waals surface area contributed by atoms with Crippen LogP contribution in [0.4, 0.5) is 10.1 Å². The summed E-state index contributed by atoms with van der Waals surface area (Å²) in [4.78, 5) is 0. The average molecular weight is 220 g/mol. The summed E-state index contributed by atoms with van der Waals surface area (Å²) in [5.41, 5.74) is 0.792. The molecule has 0 aliphatic carbocycles. The molecule has 0 fully saturated rings. The molecule has 0 amide bonds. The van der Waals surface area contributed by atoms with Gasteiger partial charge in [-0.05, 0) is 30.2 Å². The van der Waals surface area contributed by atoms with E-state index in [0.717, 1.165) is 18.5 Å². The fourth-order valence-corrected chi connectivity index (χ4v) is 1.74. The minimum absolute atomic E-state index is 0.208. The van der Waals surface area contributed by atoms with Gasteiger partial charge in [0, 0.05) is 5.69 Å². The van der Waals surface area contributed by atoms with Gasteiger partial charge in [0.25, 0.3) is 0 Å². The molecule has 2 nitrogen and oxygen atoms in total. The molecule has 0 aliphatic rings. The molecule has 0 aromatic heterocycles. The first-order valence-electron chi connectivity index (χ1n) is 5.63. The number of anilines is 1. The number of hydrogen-bond donors (Lipinski definition) is 1. The number of halogens is 1. The van der Waals surface area contributed by atoms with Crippen LogP contribution in [-0.2, 0) is 0 Å². The van der Waals surface area contributed by atoms with Gasteiger partial charge in [0.05, 0.1) is 6.07 Å². The highest BCUT2D eigenvalue weighted by Gasteiger charge is 2.17. The largest absolute Gasteiger partial charge is 0.370 e. The minimum atomic E-state index is -0.262. The van der Waals surface area contributed by atoms with Crippen LogP contribution in [0, 0.1) is 23.1 Å². The zero-order valence-corrected chi connectivity index (χ0v) is 9.70. The lowest BCUT2D eigenvalue weighted by Crippen LogP contribution is -2.26. The topological polar surface area (TPSA) is 35.8 Å².